The van der Waals surface area contributed by atoms with Gasteiger partial charge in [0.25, 0.3) is 0 Å². The number of tetrazole rings is 1. The van der Waals surface area contributed by atoms with Crippen LogP contribution in [0.25, 0.3) is 0 Å². The van der Waals surface area contributed by atoms with Gasteiger partial charge in [0.1, 0.15) is 5.82 Å². The maximum absolute atomic E-state index is 12.7. The lowest BCUT2D eigenvalue weighted by molar-refractivity contribution is -0.116. The minimum atomic E-state index is -0.151. The Labute approximate surface area is 139 Å². The number of rotatable bonds is 5. The Morgan fingerprint density at radius 3 is 2.87 bits per heavy atom. The SMILES string of the molecule is Cc1cc(N2CCC(Sc3nnnn3CC(C)C)C2=O)n(C)n1. The second kappa shape index (κ2) is 6.31. The highest BCUT2D eigenvalue weighted by molar-refractivity contribution is 8.00. The third-order valence-electron chi connectivity index (χ3n) is 3.69. The van der Waals surface area contributed by atoms with E-state index in [4.69, 9.17) is 0 Å². The number of amides is 1. The minimum Gasteiger partial charge on any atom is -0.296 e. The molecule has 3 heterocycles. The standard InChI is InChI=1S/C14H21N7OS/c1-9(2)8-21-14(15-17-18-21)23-11-5-6-20(13(11)22)12-7-10(3)16-19(12)4/h7,9,11H,5-6,8H2,1-4H3. The summed E-state index contributed by atoms with van der Waals surface area (Å²) in [4.78, 5) is 14.5. The van der Waals surface area contributed by atoms with Gasteiger partial charge in [-0.25, -0.2) is 4.68 Å². The third kappa shape index (κ3) is 3.24. The van der Waals surface area contributed by atoms with Gasteiger partial charge in [0.2, 0.25) is 11.1 Å². The molecule has 3 rings (SSSR count). The predicted octanol–water partition coefficient (Wildman–Crippen LogP) is 1.27. The van der Waals surface area contributed by atoms with Crippen molar-refractivity contribution in [2.45, 2.75) is 44.1 Å². The topological polar surface area (TPSA) is 81.7 Å². The second-order valence-corrected chi connectivity index (χ2v) is 7.36. The number of nitrogens with zero attached hydrogens (tertiary/aromatic N) is 7. The molecule has 1 unspecified atom stereocenters. The van der Waals surface area contributed by atoms with E-state index < -0.39 is 0 Å². The van der Waals surface area contributed by atoms with Crippen molar-refractivity contribution in [3.63, 3.8) is 0 Å². The summed E-state index contributed by atoms with van der Waals surface area (Å²) in [6, 6.07) is 1.94. The van der Waals surface area contributed by atoms with E-state index >= 15 is 0 Å². The quantitative estimate of drug-likeness (QED) is 0.818. The molecule has 0 saturated carbocycles. The van der Waals surface area contributed by atoms with E-state index in [-0.39, 0.29) is 11.2 Å². The van der Waals surface area contributed by atoms with Crippen molar-refractivity contribution in [3.8, 4) is 0 Å². The zero-order valence-electron chi connectivity index (χ0n) is 13.8. The Morgan fingerprint density at radius 2 is 2.22 bits per heavy atom. The summed E-state index contributed by atoms with van der Waals surface area (Å²) in [5.74, 6) is 1.39. The normalized spacial score (nSPS) is 18.4. The van der Waals surface area contributed by atoms with Crippen LogP contribution < -0.4 is 4.90 Å². The highest BCUT2D eigenvalue weighted by Crippen LogP contribution is 2.32. The average molecular weight is 335 g/mol. The van der Waals surface area contributed by atoms with Crippen molar-refractivity contribution >= 4 is 23.5 Å². The summed E-state index contributed by atoms with van der Waals surface area (Å²) in [6.45, 7) is 7.60. The maximum atomic E-state index is 12.7. The number of hydrogen-bond donors (Lipinski definition) is 0. The van der Waals surface area contributed by atoms with E-state index in [1.54, 1.807) is 14.3 Å². The first kappa shape index (κ1) is 16.0. The van der Waals surface area contributed by atoms with Crippen LogP contribution in [-0.2, 0) is 18.4 Å². The van der Waals surface area contributed by atoms with Crippen LogP contribution in [0.15, 0.2) is 11.2 Å². The molecule has 0 aromatic carbocycles. The molecular formula is C14H21N7OS. The first-order valence-corrected chi connectivity index (χ1v) is 8.58. The van der Waals surface area contributed by atoms with Crippen molar-refractivity contribution in [1.82, 2.24) is 30.0 Å². The lowest BCUT2D eigenvalue weighted by Gasteiger charge is -2.16. The summed E-state index contributed by atoms with van der Waals surface area (Å²) in [5, 5.41) is 16.7. The fourth-order valence-electron chi connectivity index (χ4n) is 2.71. The maximum Gasteiger partial charge on any atom is 0.241 e. The van der Waals surface area contributed by atoms with E-state index in [9.17, 15) is 4.79 Å². The molecule has 2 aromatic heterocycles. The van der Waals surface area contributed by atoms with E-state index in [1.165, 1.54) is 11.8 Å². The van der Waals surface area contributed by atoms with Gasteiger partial charge in [-0.05, 0) is 29.7 Å². The van der Waals surface area contributed by atoms with E-state index in [0.717, 1.165) is 24.5 Å². The van der Waals surface area contributed by atoms with E-state index in [1.807, 2.05) is 20.0 Å². The largest absolute Gasteiger partial charge is 0.296 e. The highest BCUT2D eigenvalue weighted by atomic mass is 32.2. The van der Waals surface area contributed by atoms with Crippen molar-refractivity contribution in [3.05, 3.63) is 11.8 Å². The van der Waals surface area contributed by atoms with Crippen LogP contribution in [0.5, 0.6) is 0 Å². The molecule has 0 bridgehead atoms. The fraction of sp³-hybridized carbons (Fsp3) is 0.643. The zero-order chi connectivity index (χ0) is 16.6. The summed E-state index contributed by atoms with van der Waals surface area (Å²) in [6.07, 6.45) is 0.780. The summed E-state index contributed by atoms with van der Waals surface area (Å²) >= 11 is 1.45. The molecule has 0 aliphatic carbocycles. The molecular weight excluding hydrogens is 314 g/mol. The van der Waals surface area contributed by atoms with Gasteiger partial charge in [-0.1, -0.05) is 25.6 Å². The Balaban J connectivity index is 1.73. The summed E-state index contributed by atoms with van der Waals surface area (Å²) in [5.41, 5.74) is 0.910. The Kier molecular flexibility index (Phi) is 4.38. The van der Waals surface area contributed by atoms with Gasteiger partial charge < -0.3 is 0 Å². The van der Waals surface area contributed by atoms with Crippen molar-refractivity contribution in [1.29, 1.82) is 0 Å². The number of carbonyl (C=O) groups is 1. The Morgan fingerprint density at radius 1 is 1.43 bits per heavy atom. The van der Waals surface area contributed by atoms with Gasteiger partial charge in [0.05, 0.1) is 10.9 Å². The molecule has 1 aliphatic rings. The van der Waals surface area contributed by atoms with Crippen LogP contribution in [0.2, 0.25) is 0 Å². The molecule has 9 heteroatoms. The summed E-state index contributed by atoms with van der Waals surface area (Å²) < 4.78 is 3.53. The molecule has 1 aliphatic heterocycles. The van der Waals surface area contributed by atoms with Gasteiger partial charge in [-0.2, -0.15) is 5.10 Å². The van der Waals surface area contributed by atoms with Crippen molar-refractivity contribution < 1.29 is 4.79 Å². The van der Waals surface area contributed by atoms with Gasteiger partial charge in [-0.3, -0.25) is 14.4 Å². The number of thioether (sulfide) groups is 1. The number of aromatic nitrogens is 6. The smallest absolute Gasteiger partial charge is 0.241 e. The third-order valence-corrected chi connectivity index (χ3v) is 4.92. The molecule has 0 N–H and O–H groups in total. The number of anilines is 1. The molecule has 1 atom stereocenters. The first-order chi connectivity index (χ1) is 11.0. The molecule has 0 spiro atoms. The van der Waals surface area contributed by atoms with Gasteiger partial charge >= 0.3 is 0 Å². The molecule has 1 fully saturated rings. The van der Waals surface area contributed by atoms with Crippen LogP contribution in [0.1, 0.15) is 26.0 Å². The molecule has 1 amide bonds. The van der Waals surface area contributed by atoms with Crippen molar-refractivity contribution in [2.75, 3.05) is 11.4 Å². The van der Waals surface area contributed by atoms with Crippen LogP contribution in [-0.4, -0.2) is 47.7 Å². The predicted molar refractivity (Wildman–Crippen MR) is 87.2 cm³/mol. The lowest BCUT2D eigenvalue weighted by atomic mass is 10.2. The molecule has 8 nitrogen and oxygen atoms in total. The highest BCUT2D eigenvalue weighted by Gasteiger charge is 2.36. The van der Waals surface area contributed by atoms with Gasteiger partial charge in [0, 0.05) is 26.2 Å². The van der Waals surface area contributed by atoms with Gasteiger partial charge in [-0.15, -0.1) is 5.10 Å². The van der Waals surface area contributed by atoms with E-state index in [2.05, 4.69) is 34.5 Å². The van der Waals surface area contributed by atoms with Crippen LogP contribution >= 0.6 is 11.8 Å². The monoisotopic (exact) mass is 335 g/mol. The van der Waals surface area contributed by atoms with Crippen LogP contribution in [0, 0.1) is 12.8 Å². The molecule has 23 heavy (non-hydrogen) atoms. The lowest BCUT2D eigenvalue weighted by Crippen LogP contribution is -2.29. The molecule has 1 saturated heterocycles. The van der Waals surface area contributed by atoms with Crippen LogP contribution in [0.4, 0.5) is 5.82 Å². The Bertz CT molecular complexity index is 708. The molecule has 2 aromatic rings. The summed E-state index contributed by atoms with van der Waals surface area (Å²) in [7, 11) is 1.86. The minimum absolute atomic E-state index is 0.0945. The number of carbonyl (C=O) groups excluding carboxylic acids is 1. The Hall–Kier alpha value is -1.90. The average Bonchev–Trinajstić information content (AvgIpc) is 3.13. The van der Waals surface area contributed by atoms with Gasteiger partial charge in [0.15, 0.2) is 0 Å². The number of hydrogen-bond acceptors (Lipinski definition) is 6. The second-order valence-electron chi connectivity index (χ2n) is 6.19. The molecule has 0 radical (unpaired) electrons. The van der Waals surface area contributed by atoms with E-state index in [0.29, 0.717) is 17.6 Å². The number of aryl methyl sites for hydroxylation is 2. The molecule has 124 valence electrons. The zero-order valence-corrected chi connectivity index (χ0v) is 14.6. The van der Waals surface area contributed by atoms with Crippen LogP contribution in [0.3, 0.4) is 0 Å². The first-order valence-electron chi connectivity index (χ1n) is 7.70. The van der Waals surface area contributed by atoms with Crippen molar-refractivity contribution in [2.24, 2.45) is 13.0 Å². The fourth-order valence-corrected chi connectivity index (χ4v) is 3.73.